The van der Waals surface area contributed by atoms with Crippen LogP contribution >= 0.6 is 23.8 Å². The summed E-state index contributed by atoms with van der Waals surface area (Å²) in [6, 6.07) is 12.3. The van der Waals surface area contributed by atoms with E-state index in [0.29, 0.717) is 11.6 Å². The third-order valence-electron chi connectivity index (χ3n) is 3.50. The molecular formula is C17H13ClF3N5S. The smallest absolute Gasteiger partial charge is 0.332 e. The molecule has 0 bridgehead atoms. The monoisotopic (exact) mass is 411 g/mol. The van der Waals surface area contributed by atoms with E-state index in [2.05, 4.69) is 20.7 Å². The van der Waals surface area contributed by atoms with Crippen LogP contribution in [0.4, 0.5) is 24.8 Å². The quantitative estimate of drug-likeness (QED) is 0.603. The second kappa shape index (κ2) is 7.93. The summed E-state index contributed by atoms with van der Waals surface area (Å²) in [5, 5.41) is 9.98. The van der Waals surface area contributed by atoms with Crippen LogP contribution in [0.1, 0.15) is 11.1 Å². The van der Waals surface area contributed by atoms with Crippen LogP contribution in [0.5, 0.6) is 0 Å². The molecule has 3 rings (SSSR count). The fraction of sp³-hybridized carbons (Fsp3) is 0.118. The lowest BCUT2D eigenvalue weighted by atomic mass is 10.2. The highest BCUT2D eigenvalue weighted by atomic mass is 35.5. The van der Waals surface area contributed by atoms with Crippen molar-refractivity contribution in [2.24, 2.45) is 0 Å². The van der Waals surface area contributed by atoms with Gasteiger partial charge in [0.2, 0.25) is 5.95 Å². The van der Waals surface area contributed by atoms with Crippen LogP contribution in [0.3, 0.4) is 0 Å². The fourth-order valence-corrected chi connectivity index (χ4v) is 2.63. The van der Waals surface area contributed by atoms with Gasteiger partial charge in [-0.2, -0.15) is 13.2 Å². The number of aromatic nitrogens is 3. The summed E-state index contributed by atoms with van der Waals surface area (Å²) in [5.41, 5.74) is 0.00845. The number of hydrogen-bond donors (Lipinski definition) is 2. The molecule has 1 heterocycles. The molecule has 0 saturated heterocycles. The molecule has 0 aliphatic carbocycles. The number of halogens is 4. The van der Waals surface area contributed by atoms with Gasteiger partial charge in [0.25, 0.3) is 0 Å². The van der Waals surface area contributed by atoms with Crippen molar-refractivity contribution in [3.05, 3.63) is 71.0 Å². The lowest BCUT2D eigenvalue weighted by Crippen LogP contribution is -2.22. The number of thiocarbonyl (C=S) groups is 1. The van der Waals surface area contributed by atoms with Gasteiger partial charge in [-0.3, -0.25) is 5.32 Å². The summed E-state index contributed by atoms with van der Waals surface area (Å²) >= 11 is 10.9. The maximum absolute atomic E-state index is 13.0. The number of anilines is 2. The first kappa shape index (κ1) is 19.1. The predicted molar refractivity (Wildman–Crippen MR) is 102 cm³/mol. The second-order valence-electron chi connectivity index (χ2n) is 5.51. The number of rotatable bonds is 4. The topological polar surface area (TPSA) is 54.8 Å². The molecule has 5 nitrogen and oxygen atoms in total. The van der Waals surface area contributed by atoms with Crippen molar-refractivity contribution in [3.8, 4) is 0 Å². The van der Waals surface area contributed by atoms with Crippen LogP contribution < -0.4 is 10.6 Å². The molecule has 3 aromatic rings. The van der Waals surface area contributed by atoms with Gasteiger partial charge in [0.15, 0.2) is 5.11 Å². The van der Waals surface area contributed by atoms with Gasteiger partial charge in [0, 0.05) is 5.02 Å². The van der Waals surface area contributed by atoms with E-state index < -0.39 is 11.7 Å². The van der Waals surface area contributed by atoms with Crippen LogP contribution in [0.25, 0.3) is 0 Å². The molecule has 0 aliphatic heterocycles. The Morgan fingerprint density at radius 1 is 1.07 bits per heavy atom. The Morgan fingerprint density at radius 3 is 2.48 bits per heavy atom. The highest BCUT2D eigenvalue weighted by Gasteiger charge is 2.33. The number of benzene rings is 2. The van der Waals surface area contributed by atoms with Crippen molar-refractivity contribution >= 4 is 40.6 Å². The Kier molecular flexibility index (Phi) is 5.62. The minimum Gasteiger partial charge on any atom is -0.332 e. The Balaban J connectivity index is 1.64. The summed E-state index contributed by atoms with van der Waals surface area (Å²) in [4.78, 5) is 4.05. The van der Waals surface area contributed by atoms with E-state index in [1.54, 1.807) is 16.8 Å². The van der Waals surface area contributed by atoms with Gasteiger partial charge in [-0.05, 0) is 42.0 Å². The Bertz CT molecular complexity index is 940. The summed E-state index contributed by atoms with van der Waals surface area (Å²) in [6.07, 6.45) is -3.00. The van der Waals surface area contributed by atoms with E-state index in [4.69, 9.17) is 23.8 Å². The molecule has 140 valence electrons. The molecule has 27 heavy (non-hydrogen) atoms. The lowest BCUT2D eigenvalue weighted by molar-refractivity contribution is -0.136. The first-order valence-corrected chi connectivity index (χ1v) is 8.48. The van der Waals surface area contributed by atoms with E-state index in [9.17, 15) is 13.2 Å². The minimum absolute atomic E-state index is 0.0454. The lowest BCUT2D eigenvalue weighted by Gasteiger charge is -2.14. The third kappa shape index (κ3) is 5.18. The summed E-state index contributed by atoms with van der Waals surface area (Å²) in [6.45, 7) is 0.461. The Morgan fingerprint density at radius 2 is 1.78 bits per heavy atom. The van der Waals surface area contributed by atoms with Gasteiger partial charge in [-0.15, -0.1) is 5.10 Å². The molecule has 0 aliphatic rings. The van der Waals surface area contributed by atoms with Crippen molar-refractivity contribution in [1.29, 1.82) is 0 Å². The Labute approximate surface area is 163 Å². The minimum atomic E-state index is -4.49. The molecular weight excluding hydrogens is 399 g/mol. The number of nitrogens with one attached hydrogen (secondary N) is 2. The van der Waals surface area contributed by atoms with Crippen LogP contribution in [-0.4, -0.2) is 19.9 Å². The highest BCUT2D eigenvalue weighted by molar-refractivity contribution is 7.80. The van der Waals surface area contributed by atoms with Gasteiger partial charge in [-0.25, -0.2) is 9.67 Å². The standard InChI is InChI=1S/C17H13ClF3N5S/c18-12-7-5-11(6-8-12)9-26-10-22-15(25-26)24-16(27)23-14-4-2-1-3-13(14)17(19,20)21/h1-8,10H,9H2,(H2,23,24,25,27). The van der Waals surface area contributed by atoms with Crippen LogP contribution in [0.15, 0.2) is 54.9 Å². The van der Waals surface area contributed by atoms with Crippen molar-refractivity contribution in [1.82, 2.24) is 14.8 Å². The molecule has 1 aromatic heterocycles. The van der Waals surface area contributed by atoms with Crippen molar-refractivity contribution in [3.63, 3.8) is 0 Å². The van der Waals surface area contributed by atoms with E-state index >= 15 is 0 Å². The molecule has 0 unspecified atom stereocenters. The average Bonchev–Trinajstić information content (AvgIpc) is 3.03. The molecule has 0 saturated carbocycles. The number of alkyl halides is 3. The second-order valence-corrected chi connectivity index (χ2v) is 6.36. The molecule has 0 spiro atoms. The maximum atomic E-state index is 13.0. The molecule has 2 N–H and O–H groups in total. The number of para-hydroxylation sites is 1. The summed E-state index contributed by atoms with van der Waals surface area (Å²) in [5.74, 6) is 0.172. The predicted octanol–water partition coefficient (Wildman–Crippen LogP) is 4.81. The van der Waals surface area contributed by atoms with Gasteiger partial charge in [0.05, 0.1) is 17.8 Å². The number of nitrogens with zero attached hydrogens (tertiary/aromatic N) is 3. The zero-order valence-electron chi connectivity index (χ0n) is 13.7. The van der Waals surface area contributed by atoms with Gasteiger partial charge in [-0.1, -0.05) is 35.9 Å². The van der Waals surface area contributed by atoms with E-state index in [-0.39, 0.29) is 16.7 Å². The highest BCUT2D eigenvalue weighted by Crippen LogP contribution is 2.34. The van der Waals surface area contributed by atoms with Crippen molar-refractivity contribution in [2.75, 3.05) is 10.6 Å². The first-order chi connectivity index (χ1) is 12.8. The summed E-state index contributed by atoms with van der Waals surface area (Å²) in [7, 11) is 0. The van der Waals surface area contributed by atoms with Crippen LogP contribution in [-0.2, 0) is 12.7 Å². The van der Waals surface area contributed by atoms with Gasteiger partial charge >= 0.3 is 6.18 Å². The molecule has 10 heteroatoms. The maximum Gasteiger partial charge on any atom is 0.418 e. The molecule has 0 fully saturated rings. The van der Waals surface area contributed by atoms with E-state index in [1.165, 1.54) is 24.5 Å². The van der Waals surface area contributed by atoms with Crippen molar-refractivity contribution in [2.45, 2.75) is 12.7 Å². The van der Waals surface area contributed by atoms with E-state index in [0.717, 1.165) is 11.6 Å². The molecule has 0 atom stereocenters. The molecule has 0 amide bonds. The normalized spacial score (nSPS) is 11.3. The fourth-order valence-electron chi connectivity index (χ4n) is 2.30. The molecule has 0 radical (unpaired) electrons. The third-order valence-corrected chi connectivity index (χ3v) is 3.96. The largest absolute Gasteiger partial charge is 0.418 e. The van der Waals surface area contributed by atoms with Crippen LogP contribution in [0.2, 0.25) is 5.02 Å². The Hall–Kier alpha value is -2.65. The molecule has 2 aromatic carbocycles. The van der Waals surface area contributed by atoms with E-state index in [1.807, 2.05) is 12.1 Å². The van der Waals surface area contributed by atoms with Gasteiger partial charge in [0.1, 0.15) is 6.33 Å². The van der Waals surface area contributed by atoms with Gasteiger partial charge < -0.3 is 5.32 Å². The first-order valence-electron chi connectivity index (χ1n) is 7.69. The summed E-state index contributed by atoms with van der Waals surface area (Å²) < 4.78 is 40.6. The zero-order valence-corrected chi connectivity index (χ0v) is 15.2. The van der Waals surface area contributed by atoms with Crippen molar-refractivity contribution < 1.29 is 13.2 Å². The SMILES string of the molecule is FC(F)(F)c1ccccc1NC(=S)Nc1ncn(Cc2ccc(Cl)cc2)n1. The van der Waals surface area contributed by atoms with Crippen LogP contribution in [0, 0.1) is 0 Å². The average molecular weight is 412 g/mol. The zero-order chi connectivity index (χ0) is 19.4. The number of hydrogen-bond acceptors (Lipinski definition) is 3.